The SMILES string of the molecule is COc1c(Br)cc(Br)cc1/C=C/C(=O)NC(=S)Nc1cc(C(=O)O)ccc1C. The lowest BCUT2D eigenvalue weighted by Gasteiger charge is -2.11. The first-order valence-corrected chi connectivity index (χ1v) is 9.87. The maximum absolute atomic E-state index is 12.2. The van der Waals surface area contributed by atoms with Gasteiger partial charge in [0, 0.05) is 21.8 Å². The van der Waals surface area contributed by atoms with E-state index < -0.39 is 11.9 Å². The van der Waals surface area contributed by atoms with Crippen molar-refractivity contribution in [2.45, 2.75) is 6.92 Å². The molecule has 0 atom stereocenters. The number of aromatic carboxylic acids is 1. The number of rotatable bonds is 5. The molecule has 0 saturated carbocycles. The molecule has 2 rings (SSSR count). The van der Waals surface area contributed by atoms with Crippen molar-refractivity contribution in [2.24, 2.45) is 0 Å². The molecule has 2 aromatic rings. The van der Waals surface area contributed by atoms with E-state index in [1.54, 1.807) is 19.1 Å². The van der Waals surface area contributed by atoms with E-state index >= 15 is 0 Å². The molecule has 6 nitrogen and oxygen atoms in total. The number of methoxy groups -OCH3 is 1. The maximum atomic E-state index is 12.2. The smallest absolute Gasteiger partial charge is 0.335 e. The van der Waals surface area contributed by atoms with Crippen LogP contribution in [0.4, 0.5) is 5.69 Å². The van der Waals surface area contributed by atoms with Crippen molar-refractivity contribution < 1.29 is 19.4 Å². The lowest BCUT2D eigenvalue weighted by Crippen LogP contribution is -2.33. The van der Waals surface area contributed by atoms with E-state index in [0.717, 1.165) is 14.5 Å². The van der Waals surface area contributed by atoms with Crippen LogP contribution in [0.1, 0.15) is 21.5 Å². The number of nitrogens with one attached hydrogen (secondary N) is 2. The summed E-state index contributed by atoms with van der Waals surface area (Å²) in [7, 11) is 1.54. The van der Waals surface area contributed by atoms with E-state index in [1.165, 1.54) is 25.3 Å². The molecule has 2 aromatic carbocycles. The molecule has 0 aliphatic heterocycles. The number of carboxylic acids is 1. The first-order chi connectivity index (χ1) is 13.2. The summed E-state index contributed by atoms with van der Waals surface area (Å²) in [6.07, 6.45) is 2.92. The highest BCUT2D eigenvalue weighted by Gasteiger charge is 2.10. The van der Waals surface area contributed by atoms with Gasteiger partial charge in [0.05, 0.1) is 17.1 Å². The summed E-state index contributed by atoms with van der Waals surface area (Å²) in [6.45, 7) is 1.80. The monoisotopic (exact) mass is 526 g/mol. The highest BCUT2D eigenvalue weighted by atomic mass is 79.9. The molecule has 0 heterocycles. The van der Waals surface area contributed by atoms with Gasteiger partial charge in [-0.15, -0.1) is 0 Å². The average Bonchev–Trinajstić information content (AvgIpc) is 2.61. The van der Waals surface area contributed by atoms with Crippen molar-refractivity contribution in [1.29, 1.82) is 0 Å². The second kappa shape index (κ2) is 9.81. The third-order valence-electron chi connectivity index (χ3n) is 3.62. The summed E-state index contributed by atoms with van der Waals surface area (Å²) >= 11 is 11.9. The van der Waals surface area contributed by atoms with Crippen molar-refractivity contribution in [3.05, 3.63) is 62.0 Å². The number of anilines is 1. The van der Waals surface area contributed by atoms with Crippen LogP contribution in [-0.4, -0.2) is 29.2 Å². The first kappa shape index (κ1) is 22.1. The Morgan fingerprint density at radius 3 is 2.57 bits per heavy atom. The Labute approximate surface area is 184 Å². The molecule has 0 saturated heterocycles. The van der Waals surface area contributed by atoms with Crippen molar-refractivity contribution in [1.82, 2.24) is 5.32 Å². The first-order valence-electron chi connectivity index (χ1n) is 7.88. The fourth-order valence-corrected chi connectivity index (χ4v) is 3.91. The Balaban J connectivity index is 2.08. The summed E-state index contributed by atoms with van der Waals surface area (Å²) in [5, 5.41) is 14.5. The Morgan fingerprint density at radius 1 is 1.21 bits per heavy atom. The fraction of sp³-hybridized carbons (Fsp3) is 0.105. The lowest BCUT2D eigenvalue weighted by atomic mass is 10.1. The van der Waals surface area contributed by atoms with E-state index in [2.05, 4.69) is 42.5 Å². The molecule has 0 aliphatic carbocycles. The van der Waals surface area contributed by atoms with E-state index in [0.29, 0.717) is 17.0 Å². The van der Waals surface area contributed by atoms with Crippen LogP contribution in [0.3, 0.4) is 0 Å². The number of amides is 1. The van der Waals surface area contributed by atoms with Gasteiger partial charge in [0.15, 0.2) is 5.11 Å². The minimum absolute atomic E-state index is 0.0580. The minimum Gasteiger partial charge on any atom is -0.495 e. The van der Waals surface area contributed by atoms with Crippen molar-refractivity contribution >= 4 is 72.8 Å². The second-order valence-electron chi connectivity index (χ2n) is 5.62. The molecule has 0 fully saturated rings. The largest absolute Gasteiger partial charge is 0.495 e. The molecule has 3 N–H and O–H groups in total. The minimum atomic E-state index is -1.05. The Morgan fingerprint density at radius 2 is 1.93 bits per heavy atom. The normalized spacial score (nSPS) is 10.6. The molecule has 9 heteroatoms. The van der Waals surface area contributed by atoms with Gasteiger partial charge in [-0.25, -0.2) is 4.79 Å². The Hall–Kier alpha value is -2.23. The fourth-order valence-electron chi connectivity index (χ4n) is 2.28. The number of carbonyl (C=O) groups excluding carboxylic acids is 1. The van der Waals surface area contributed by atoms with Gasteiger partial charge in [-0.05, 0) is 71.0 Å². The molecular formula is C19H16Br2N2O4S. The summed E-state index contributed by atoms with van der Waals surface area (Å²) < 4.78 is 6.90. The van der Waals surface area contributed by atoms with Gasteiger partial charge >= 0.3 is 5.97 Å². The molecule has 0 radical (unpaired) electrons. The average molecular weight is 528 g/mol. The van der Waals surface area contributed by atoms with Gasteiger partial charge in [-0.3, -0.25) is 10.1 Å². The van der Waals surface area contributed by atoms with Crippen LogP contribution in [0.2, 0.25) is 0 Å². The summed E-state index contributed by atoms with van der Waals surface area (Å²) in [6, 6.07) is 8.26. The van der Waals surface area contributed by atoms with Crippen LogP contribution in [0.5, 0.6) is 5.75 Å². The van der Waals surface area contributed by atoms with E-state index in [1.807, 2.05) is 12.1 Å². The van der Waals surface area contributed by atoms with Crippen LogP contribution in [0.15, 0.2) is 45.4 Å². The molecule has 1 amide bonds. The van der Waals surface area contributed by atoms with Crippen LogP contribution < -0.4 is 15.4 Å². The summed E-state index contributed by atoms with van der Waals surface area (Å²) in [5.41, 5.74) is 2.12. The third-order valence-corrected chi connectivity index (χ3v) is 4.88. The van der Waals surface area contributed by atoms with Gasteiger partial charge in [-0.1, -0.05) is 22.0 Å². The quantitative estimate of drug-likeness (QED) is 0.384. The standard InChI is InChI=1S/C19H16Br2N2O4S/c1-10-3-4-12(18(25)26)8-15(10)22-19(28)23-16(24)6-5-11-7-13(20)9-14(21)17(11)27-2/h3-9H,1-2H3,(H,25,26)(H2,22,23,24,28)/b6-5+. The number of ether oxygens (including phenoxy) is 1. The number of carboxylic acid groups (broad SMARTS) is 1. The predicted octanol–water partition coefficient (Wildman–Crippen LogP) is 4.75. The molecule has 0 unspecified atom stereocenters. The third kappa shape index (κ3) is 5.88. The van der Waals surface area contributed by atoms with Crippen LogP contribution in [0, 0.1) is 6.92 Å². The number of aryl methyl sites for hydroxylation is 1. The van der Waals surface area contributed by atoms with Crippen molar-refractivity contribution in [2.75, 3.05) is 12.4 Å². The Bertz CT molecular complexity index is 977. The molecule has 0 aromatic heterocycles. The van der Waals surface area contributed by atoms with Crippen molar-refractivity contribution in [3.63, 3.8) is 0 Å². The number of hydrogen-bond acceptors (Lipinski definition) is 4. The highest BCUT2D eigenvalue weighted by Crippen LogP contribution is 2.33. The van der Waals surface area contributed by atoms with Crippen molar-refractivity contribution in [3.8, 4) is 5.75 Å². The maximum Gasteiger partial charge on any atom is 0.335 e. The second-order valence-corrected chi connectivity index (χ2v) is 7.80. The number of thiocarbonyl (C=S) groups is 1. The summed E-state index contributed by atoms with van der Waals surface area (Å²) in [5.74, 6) is -0.896. The molecule has 0 bridgehead atoms. The molecule has 0 aliphatic rings. The zero-order chi connectivity index (χ0) is 20.8. The highest BCUT2D eigenvalue weighted by molar-refractivity contribution is 9.11. The van der Waals surface area contributed by atoms with E-state index in [4.69, 9.17) is 22.1 Å². The van der Waals surface area contributed by atoms with E-state index in [-0.39, 0.29) is 10.7 Å². The summed E-state index contributed by atoms with van der Waals surface area (Å²) in [4.78, 5) is 23.3. The van der Waals surface area contributed by atoms with Crippen LogP contribution >= 0.6 is 44.1 Å². The zero-order valence-corrected chi connectivity index (χ0v) is 18.9. The molecule has 28 heavy (non-hydrogen) atoms. The predicted molar refractivity (Wildman–Crippen MR) is 120 cm³/mol. The lowest BCUT2D eigenvalue weighted by molar-refractivity contribution is -0.115. The Kier molecular flexibility index (Phi) is 7.73. The van der Waals surface area contributed by atoms with Crippen LogP contribution in [-0.2, 0) is 4.79 Å². The van der Waals surface area contributed by atoms with Crippen LogP contribution in [0.25, 0.3) is 6.08 Å². The van der Waals surface area contributed by atoms with Gasteiger partial charge in [0.2, 0.25) is 5.91 Å². The topological polar surface area (TPSA) is 87.7 Å². The van der Waals surface area contributed by atoms with Gasteiger partial charge in [-0.2, -0.15) is 0 Å². The number of carbonyl (C=O) groups is 2. The van der Waals surface area contributed by atoms with Gasteiger partial charge < -0.3 is 15.2 Å². The molecule has 0 spiro atoms. The number of benzene rings is 2. The molecule has 146 valence electrons. The van der Waals surface area contributed by atoms with Gasteiger partial charge in [0.25, 0.3) is 0 Å². The van der Waals surface area contributed by atoms with E-state index in [9.17, 15) is 9.59 Å². The number of hydrogen-bond donors (Lipinski definition) is 3. The molecular weight excluding hydrogens is 512 g/mol. The number of halogens is 2. The van der Waals surface area contributed by atoms with Gasteiger partial charge in [0.1, 0.15) is 5.75 Å². The zero-order valence-electron chi connectivity index (χ0n) is 14.9.